The standard InChI is InChI=1S/C15H21NO2/c1-12-3-2-4-14(11-12)18-10-7-15(17)13-5-8-16-9-6-13/h2-4,11,13,16H,5-10H2,1H3. The topological polar surface area (TPSA) is 38.3 Å². The van der Waals surface area contributed by atoms with Crippen LogP contribution in [0.1, 0.15) is 24.8 Å². The van der Waals surface area contributed by atoms with Crippen molar-refractivity contribution in [2.75, 3.05) is 19.7 Å². The van der Waals surface area contributed by atoms with E-state index in [4.69, 9.17) is 4.74 Å². The number of ether oxygens (including phenoxy) is 1. The summed E-state index contributed by atoms with van der Waals surface area (Å²) in [5, 5.41) is 3.27. The second-order valence-corrected chi connectivity index (χ2v) is 4.91. The van der Waals surface area contributed by atoms with Gasteiger partial charge in [0.2, 0.25) is 0 Å². The summed E-state index contributed by atoms with van der Waals surface area (Å²) in [5.41, 5.74) is 1.18. The molecular formula is C15H21NO2. The van der Waals surface area contributed by atoms with Gasteiger partial charge in [-0.15, -0.1) is 0 Å². The summed E-state index contributed by atoms with van der Waals surface area (Å²) in [4.78, 5) is 11.9. The van der Waals surface area contributed by atoms with Crippen LogP contribution in [0.3, 0.4) is 0 Å². The van der Waals surface area contributed by atoms with Crippen LogP contribution in [0.5, 0.6) is 5.75 Å². The molecule has 0 spiro atoms. The molecule has 1 N–H and O–H groups in total. The van der Waals surface area contributed by atoms with Gasteiger partial charge in [0.15, 0.2) is 0 Å². The number of benzene rings is 1. The van der Waals surface area contributed by atoms with E-state index in [2.05, 4.69) is 5.32 Å². The van der Waals surface area contributed by atoms with E-state index in [1.54, 1.807) is 0 Å². The molecule has 0 atom stereocenters. The van der Waals surface area contributed by atoms with Crippen LogP contribution in [-0.4, -0.2) is 25.5 Å². The minimum Gasteiger partial charge on any atom is -0.493 e. The SMILES string of the molecule is Cc1cccc(OCCC(=O)C2CCNCC2)c1. The molecule has 1 heterocycles. The maximum absolute atomic E-state index is 11.9. The van der Waals surface area contributed by atoms with Crippen LogP contribution in [0.25, 0.3) is 0 Å². The third kappa shape index (κ3) is 3.84. The van der Waals surface area contributed by atoms with Crippen LogP contribution in [0.2, 0.25) is 0 Å². The van der Waals surface area contributed by atoms with E-state index in [0.29, 0.717) is 18.8 Å². The predicted octanol–water partition coefficient (Wildman–Crippen LogP) is 2.33. The Morgan fingerprint density at radius 1 is 1.39 bits per heavy atom. The minimum absolute atomic E-state index is 0.243. The number of carbonyl (C=O) groups is 1. The molecule has 1 saturated heterocycles. The Morgan fingerprint density at radius 2 is 2.17 bits per heavy atom. The molecule has 98 valence electrons. The summed E-state index contributed by atoms with van der Waals surface area (Å²) >= 11 is 0. The van der Waals surface area contributed by atoms with Gasteiger partial charge in [-0.2, -0.15) is 0 Å². The number of piperidine rings is 1. The van der Waals surface area contributed by atoms with Gasteiger partial charge in [0.1, 0.15) is 11.5 Å². The molecular weight excluding hydrogens is 226 g/mol. The summed E-state index contributed by atoms with van der Waals surface area (Å²) in [7, 11) is 0. The maximum Gasteiger partial charge on any atom is 0.139 e. The molecule has 3 heteroatoms. The Kier molecular flexibility index (Phi) is 4.76. The van der Waals surface area contributed by atoms with Crippen molar-refractivity contribution in [2.24, 2.45) is 5.92 Å². The normalized spacial score (nSPS) is 16.5. The summed E-state index contributed by atoms with van der Waals surface area (Å²) in [6.07, 6.45) is 2.48. The molecule has 1 aromatic rings. The maximum atomic E-state index is 11.9. The number of ketones is 1. The van der Waals surface area contributed by atoms with Crippen molar-refractivity contribution < 1.29 is 9.53 Å². The van der Waals surface area contributed by atoms with Crippen molar-refractivity contribution in [3.8, 4) is 5.75 Å². The molecule has 0 bridgehead atoms. The third-order valence-electron chi connectivity index (χ3n) is 3.40. The van der Waals surface area contributed by atoms with Crippen LogP contribution < -0.4 is 10.1 Å². The molecule has 0 radical (unpaired) electrons. The number of rotatable bonds is 5. The quantitative estimate of drug-likeness (QED) is 0.868. The molecule has 18 heavy (non-hydrogen) atoms. The van der Waals surface area contributed by atoms with Crippen LogP contribution in [0, 0.1) is 12.8 Å². The van der Waals surface area contributed by atoms with Gasteiger partial charge in [-0.05, 0) is 50.6 Å². The fraction of sp³-hybridized carbons (Fsp3) is 0.533. The summed E-state index contributed by atoms with van der Waals surface area (Å²) in [6.45, 7) is 4.46. The number of Topliss-reactive ketones (excluding diaryl/α,β-unsaturated/α-hetero) is 1. The van der Waals surface area contributed by atoms with E-state index in [-0.39, 0.29) is 5.92 Å². The number of nitrogens with one attached hydrogen (secondary N) is 1. The molecule has 1 aliphatic heterocycles. The predicted molar refractivity (Wildman–Crippen MR) is 71.9 cm³/mol. The molecule has 0 aliphatic carbocycles. The molecule has 0 saturated carbocycles. The van der Waals surface area contributed by atoms with Crippen LogP contribution >= 0.6 is 0 Å². The fourth-order valence-electron chi connectivity index (χ4n) is 2.32. The number of hydrogen-bond donors (Lipinski definition) is 1. The van der Waals surface area contributed by atoms with Crippen molar-refractivity contribution in [1.29, 1.82) is 0 Å². The molecule has 1 aliphatic rings. The van der Waals surface area contributed by atoms with E-state index < -0.39 is 0 Å². The van der Waals surface area contributed by atoms with Gasteiger partial charge < -0.3 is 10.1 Å². The first kappa shape index (κ1) is 13.1. The lowest BCUT2D eigenvalue weighted by Crippen LogP contribution is -2.32. The molecule has 0 unspecified atom stereocenters. The molecule has 0 aromatic heterocycles. The molecule has 2 rings (SSSR count). The second-order valence-electron chi connectivity index (χ2n) is 4.91. The van der Waals surface area contributed by atoms with Crippen LogP contribution in [0.4, 0.5) is 0 Å². The second kappa shape index (κ2) is 6.55. The largest absolute Gasteiger partial charge is 0.493 e. The Bertz CT molecular complexity index is 397. The van der Waals surface area contributed by atoms with Gasteiger partial charge >= 0.3 is 0 Å². The van der Waals surface area contributed by atoms with Crippen molar-refractivity contribution in [1.82, 2.24) is 5.32 Å². The average molecular weight is 247 g/mol. The lowest BCUT2D eigenvalue weighted by atomic mass is 9.92. The van der Waals surface area contributed by atoms with Crippen LogP contribution in [0.15, 0.2) is 24.3 Å². The molecule has 3 nitrogen and oxygen atoms in total. The first-order chi connectivity index (χ1) is 8.75. The Labute approximate surface area is 109 Å². The summed E-state index contributed by atoms with van der Waals surface area (Å²) < 4.78 is 5.61. The lowest BCUT2D eigenvalue weighted by Gasteiger charge is -2.21. The fourth-order valence-corrected chi connectivity index (χ4v) is 2.32. The van der Waals surface area contributed by atoms with Gasteiger partial charge in [-0.3, -0.25) is 4.79 Å². The van der Waals surface area contributed by atoms with Crippen LogP contribution in [-0.2, 0) is 4.79 Å². The van der Waals surface area contributed by atoms with Crippen molar-refractivity contribution >= 4 is 5.78 Å². The average Bonchev–Trinajstić information content (AvgIpc) is 2.40. The minimum atomic E-state index is 0.243. The van der Waals surface area contributed by atoms with Crippen molar-refractivity contribution in [2.45, 2.75) is 26.2 Å². The zero-order chi connectivity index (χ0) is 12.8. The van der Waals surface area contributed by atoms with Gasteiger partial charge in [0.05, 0.1) is 6.61 Å². The Hall–Kier alpha value is -1.35. The summed E-state index contributed by atoms with van der Waals surface area (Å²) in [6, 6.07) is 7.93. The Balaban J connectivity index is 1.73. The molecule has 1 aromatic carbocycles. The molecule has 1 fully saturated rings. The highest BCUT2D eigenvalue weighted by molar-refractivity contribution is 5.81. The van der Waals surface area contributed by atoms with Gasteiger partial charge in [0.25, 0.3) is 0 Å². The highest BCUT2D eigenvalue weighted by Crippen LogP contribution is 2.16. The highest BCUT2D eigenvalue weighted by atomic mass is 16.5. The third-order valence-corrected chi connectivity index (χ3v) is 3.40. The zero-order valence-electron chi connectivity index (χ0n) is 10.9. The van der Waals surface area contributed by atoms with Gasteiger partial charge in [-0.1, -0.05) is 12.1 Å². The molecule has 0 amide bonds. The number of hydrogen-bond acceptors (Lipinski definition) is 3. The monoisotopic (exact) mass is 247 g/mol. The number of carbonyl (C=O) groups excluding carboxylic acids is 1. The van der Waals surface area contributed by atoms with E-state index in [1.165, 1.54) is 5.56 Å². The van der Waals surface area contributed by atoms with Gasteiger partial charge in [0, 0.05) is 12.3 Å². The van der Waals surface area contributed by atoms with Gasteiger partial charge in [-0.25, -0.2) is 0 Å². The smallest absolute Gasteiger partial charge is 0.139 e. The van der Waals surface area contributed by atoms with E-state index in [1.807, 2.05) is 31.2 Å². The lowest BCUT2D eigenvalue weighted by molar-refractivity contribution is -0.124. The van der Waals surface area contributed by atoms with E-state index in [0.717, 1.165) is 31.7 Å². The Morgan fingerprint density at radius 3 is 2.89 bits per heavy atom. The first-order valence-corrected chi connectivity index (χ1v) is 6.68. The van der Waals surface area contributed by atoms with Crippen molar-refractivity contribution in [3.05, 3.63) is 29.8 Å². The van der Waals surface area contributed by atoms with E-state index in [9.17, 15) is 4.79 Å². The highest BCUT2D eigenvalue weighted by Gasteiger charge is 2.20. The van der Waals surface area contributed by atoms with Crippen molar-refractivity contribution in [3.63, 3.8) is 0 Å². The summed E-state index contributed by atoms with van der Waals surface area (Å²) in [5.74, 6) is 1.45. The van der Waals surface area contributed by atoms with E-state index >= 15 is 0 Å². The first-order valence-electron chi connectivity index (χ1n) is 6.68. The number of aryl methyl sites for hydroxylation is 1. The zero-order valence-corrected chi connectivity index (χ0v) is 10.9.